The number of para-hydroxylation sites is 2. The number of oxazole rings is 1. The number of hydrogen-bond donors (Lipinski definition) is 1. The van der Waals surface area contributed by atoms with Gasteiger partial charge in [-0.25, -0.2) is 4.98 Å². The lowest BCUT2D eigenvalue weighted by atomic mass is 10.2. The molecule has 152 valence electrons. The average Bonchev–Trinajstić information content (AvgIpc) is 3.41. The molecule has 5 aromatic rings. The highest BCUT2D eigenvalue weighted by Gasteiger charge is 2.15. The molecule has 0 aliphatic carbocycles. The first kappa shape index (κ1) is 19.4. The van der Waals surface area contributed by atoms with Crippen molar-refractivity contribution >= 4 is 45.9 Å². The van der Waals surface area contributed by atoms with Gasteiger partial charge in [0.1, 0.15) is 11.3 Å². The van der Waals surface area contributed by atoms with Gasteiger partial charge in [0, 0.05) is 21.8 Å². The van der Waals surface area contributed by atoms with Crippen LogP contribution in [0.5, 0.6) is 0 Å². The highest BCUT2D eigenvalue weighted by atomic mass is 35.5. The van der Waals surface area contributed by atoms with Crippen LogP contribution in [0.25, 0.3) is 33.9 Å². The molecule has 0 radical (unpaired) electrons. The lowest BCUT2D eigenvalue weighted by Crippen LogP contribution is -2.10. The van der Waals surface area contributed by atoms with Crippen molar-refractivity contribution in [2.45, 2.75) is 0 Å². The van der Waals surface area contributed by atoms with Crippen LogP contribution in [0.15, 0.2) is 87.7 Å². The SMILES string of the molecule is O=C(Nc1cccc(-c2nc3ccccc3o2)c1)c1ccc(-c2ccc(Cl)cc2Cl)o1. The fourth-order valence-corrected chi connectivity index (χ4v) is 3.71. The number of rotatable bonds is 4. The predicted molar refractivity (Wildman–Crippen MR) is 122 cm³/mol. The minimum atomic E-state index is -0.383. The molecule has 7 heteroatoms. The molecular formula is C24H14Cl2N2O3. The van der Waals surface area contributed by atoms with Gasteiger partial charge in [0.25, 0.3) is 5.91 Å². The number of carbonyl (C=O) groups excluding carboxylic acids is 1. The molecule has 0 bridgehead atoms. The first-order valence-corrected chi connectivity index (χ1v) is 10.1. The van der Waals surface area contributed by atoms with E-state index in [1.165, 1.54) is 0 Å². The second-order valence-corrected chi connectivity index (χ2v) is 7.65. The van der Waals surface area contributed by atoms with E-state index >= 15 is 0 Å². The summed E-state index contributed by atoms with van der Waals surface area (Å²) in [6.45, 7) is 0. The summed E-state index contributed by atoms with van der Waals surface area (Å²) in [6.07, 6.45) is 0. The van der Waals surface area contributed by atoms with Gasteiger partial charge < -0.3 is 14.2 Å². The molecule has 31 heavy (non-hydrogen) atoms. The van der Waals surface area contributed by atoms with Gasteiger partial charge in [0.2, 0.25) is 5.89 Å². The molecule has 2 heterocycles. The standard InChI is InChI=1S/C24H14Cl2N2O3/c25-15-8-9-17(18(26)13-15)20-10-11-22(30-20)23(29)27-16-5-3-4-14(12-16)24-28-19-6-1-2-7-21(19)31-24/h1-13H,(H,27,29). The van der Waals surface area contributed by atoms with Crippen molar-refractivity contribution in [2.75, 3.05) is 5.32 Å². The number of aromatic nitrogens is 1. The van der Waals surface area contributed by atoms with Crippen molar-refractivity contribution < 1.29 is 13.6 Å². The summed E-state index contributed by atoms with van der Waals surface area (Å²) in [5.41, 5.74) is 3.48. The largest absolute Gasteiger partial charge is 0.451 e. The van der Waals surface area contributed by atoms with E-state index in [2.05, 4.69) is 10.3 Å². The van der Waals surface area contributed by atoms with Gasteiger partial charge in [-0.2, -0.15) is 0 Å². The number of amides is 1. The van der Waals surface area contributed by atoms with Gasteiger partial charge in [-0.1, -0.05) is 41.4 Å². The van der Waals surface area contributed by atoms with Gasteiger partial charge in [-0.3, -0.25) is 4.79 Å². The van der Waals surface area contributed by atoms with Crippen LogP contribution in [-0.4, -0.2) is 10.9 Å². The van der Waals surface area contributed by atoms with Crippen LogP contribution in [0.4, 0.5) is 5.69 Å². The van der Waals surface area contributed by atoms with E-state index < -0.39 is 0 Å². The molecule has 3 aromatic carbocycles. The minimum Gasteiger partial charge on any atom is -0.451 e. The van der Waals surface area contributed by atoms with Crippen LogP contribution in [0.1, 0.15) is 10.6 Å². The number of anilines is 1. The van der Waals surface area contributed by atoms with Crippen LogP contribution in [0.3, 0.4) is 0 Å². The lowest BCUT2D eigenvalue weighted by Gasteiger charge is -2.05. The number of benzene rings is 3. The molecule has 0 saturated heterocycles. The Balaban J connectivity index is 1.37. The molecular weight excluding hydrogens is 435 g/mol. The molecule has 0 atom stereocenters. The van der Waals surface area contributed by atoms with Gasteiger partial charge in [-0.15, -0.1) is 0 Å². The zero-order valence-corrected chi connectivity index (χ0v) is 17.4. The molecule has 1 N–H and O–H groups in total. The Kier molecular flexibility index (Phi) is 4.98. The maximum Gasteiger partial charge on any atom is 0.291 e. The summed E-state index contributed by atoms with van der Waals surface area (Å²) in [4.78, 5) is 17.2. The molecule has 0 saturated carbocycles. The Bertz CT molecular complexity index is 1390. The maximum atomic E-state index is 12.7. The summed E-state index contributed by atoms with van der Waals surface area (Å²) in [5.74, 6) is 0.737. The van der Waals surface area contributed by atoms with E-state index in [1.54, 1.807) is 42.5 Å². The van der Waals surface area contributed by atoms with E-state index in [4.69, 9.17) is 32.0 Å². The molecule has 0 aliphatic heterocycles. The third kappa shape index (κ3) is 3.93. The summed E-state index contributed by atoms with van der Waals surface area (Å²) >= 11 is 12.2. The number of fused-ring (bicyclic) bond motifs is 1. The zero-order chi connectivity index (χ0) is 21.4. The van der Waals surface area contributed by atoms with E-state index in [-0.39, 0.29) is 11.7 Å². The second-order valence-electron chi connectivity index (χ2n) is 6.81. The van der Waals surface area contributed by atoms with Gasteiger partial charge >= 0.3 is 0 Å². The van der Waals surface area contributed by atoms with Crippen molar-refractivity contribution in [3.05, 3.63) is 94.7 Å². The van der Waals surface area contributed by atoms with Crippen LogP contribution < -0.4 is 5.32 Å². The first-order chi connectivity index (χ1) is 15.1. The Labute approximate surface area is 187 Å². The molecule has 5 nitrogen and oxygen atoms in total. The maximum absolute atomic E-state index is 12.7. The molecule has 1 amide bonds. The van der Waals surface area contributed by atoms with Gasteiger partial charge in [0.15, 0.2) is 11.3 Å². The van der Waals surface area contributed by atoms with E-state index in [1.807, 2.05) is 36.4 Å². The monoisotopic (exact) mass is 448 g/mol. The minimum absolute atomic E-state index is 0.160. The Hall–Kier alpha value is -3.54. The number of nitrogens with zero attached hydrogens (tertiary/aromatic N) is 1. The molecule has 0 aliphatic rings. The number of nitrogens with one attached hydrogen (secondary N) is 1. The summed E-state index contributed by atoms with van der Waals surface area (Å²) < 4.78 is 11.5. The van der Waals surface area contributed by atoms with Crippen LogP contribution >= 0.6 is 23.2 Å². The number of halogens is 2. The molecule has 2 aromatic heterocycles. The van der Waals surface area contributed by atoms with Gasteiger partial charge in [0.05, 0.1) is 5.02 Å². The lowest BCUT2D eigenvalue weighted by molar-refractivity contribution is 0.0997. The summed E-state index contributed by atoms with van der Waals surface area (Å²) in [6, 6.07) is 23.2. The molecule has 0 unspecified atom stereocenters. The quantitative estimate of drug-likeness (QED) is 0.312. The normalized spacial score (nSPS) is 11.0. The highest BCUT2D eigenvalue weighted by molar-refractivity contribution is 6.36. The Morgan fingerprint density at radius 3 is 2.58 bits per heavy atom. The summed E-state index contributed by atoms with van der Waals surface area (Å²) in [5, 5.41) is 3.80. The van der Waals surface area contributed by atoms with E-state index in [0.29, 0.717) is 38.5 Å². The third-order valence-corrected chi connectivity index (χ3v) is 5.24. The zero-order valence-electron chi connectivity index (χ0n) is 15.9. The highest BCUT2D eigenvalue weighted by Crippen LogP contribution is 2.32. The fraction of sp³-hybridized carbons (Fsp3) is 0. The van der Waals surface area contributed by atoms with Crippen LogP contribution in [0, 0.1) is 0 Å². The Morgan fingerprint density at radius 2 is 1.74 bits per heavy atom. The first-order valence-electron chi connectivity index (χ1n) is 9.39. The van der Waals surface area contributed by atoms with Crippen molar-refractivity contribution in [1.29, 1.82) is 0 Å². The average molecular weight is 449 g/mol. The topological polar surface area (TPSA) is 68.3 Å². The smallest absolute Gasteiger partial charge is 0.291 e. The van der Waals surface area contributed by atoms with E-state index in [0.717, 1.165) is 11.1 Å². The molecule has 0 spiro atoms. The van der Waals surface area contributed by atoms with Crippen molar-refractivity contribution in [3.63, 3.8) is 0 Å². The van der Waals surface area contributed by atoms with Crippen molar-refractivity contribution in [3.8, 4) is 22.8 Å². The predicted octanol–water partition coefficient (Wildman–Crippen LogP) is 7.31. The van der Waals surface area contributed by atoms with E-state index in [9.17, 15) is 4.79 Å². The van der Waals surface area contributed by atoms with Crippen LogP contribution in [0.2, 0.25) is 10.0 Å². The number of furan rings is 1. The Morgan fingerprint density at radius 1 is 0.871 bits per heavy atom. The number of hydrogen-bond acceptors (Lipinski definition) is 4. The third-order valence-electron chi connectivity index (χ3n) is 4.69. The van der Waals surface area contributed by atoms with Crippen molar-refractivity contribution in [2.24, 2.45) is 0 Å². The second kappa shape index (κ2) is 7.95. The fourth-order valence-electron chi connectivity index (χ4n) is 3.21. The van der Waals surface area contributed by atoms with Crippen LogP contribution in [-0.2, 0) is 0 Å². The van der Waals surface area contributed by atoms with Gasteiger partial charge in [-0.05, 0) is 60.7 Å². The summed E-state index contributed by atoms with van der Waals surface area (Å²) in [7, 11) is 0. The van der Waals surface area contributed by atoms with Crippen molar-refractivity contribution in [1.82, 2.24) is 4.98 Å². The molecule has 0 fully saturated rings. The number of carbonyl (C=O) groups is 1. The molecule has 5 rings (SSSR count).